The highest BCUT2D eigenvalue weighted by atomic mass is 19.4. The van der Waals surface area contributed by atoms with Gasteiger partial charge >= 0.3 is 6.18 Å². The van der Waals surface area contributed by atoms with Crippen molar-refractivity contribution in [1.29, 1.82) is 0 Å². The minimum absolute atomic E-state index is 0.445. The van der Waals surface area contributed by atoms with E-state index in [1.54, 1.807) is 0 Å². The fraction of sp³-hybridized carbons (Fsp3) is 0.500. The third-order valence-corrected chi connectivity index (χ3v) is 0.697. The summed E-state index contributed by atoms with van der Waals surface area (Å²) in [4.78, 5) is 10.2. The van der Waals surface area contributed by atoms with Gasteiger partial charge in [-0.25, -0.2) is 0 Å². The molecule has 0 atom stereocenters. The molecule has 0 heterocycles. The minimum Gasteiger partial charge on any atom is -0.298 e. The fourth-order valence-electron chi connectivity index (χ4n) is 0.400. The molecule has 0 rings (SSSR count). The number of ketones is 1. The first kappa shape index (κ1) is 9.02. The van der Waals surface area contributed by atoms with E-state index < -0.39 is 24.8 Å². The number of carbonyl (C=O) groups is 1. The van der Waals surface area contributed by atoms with Crippen molar-refractivity contribution in [2.45, 2.75) is 19.0 Å². The van der Waals surface area contributed by atoms with Gasteiger partial charge in [-0.05, 0) is 0 Å². The van der Waals surface area contributed by atoms with Crippen molar-refractivity contribution < 1.29 is 18.0 Å². The topological polar surface area (TPSA) is 17.1 Å². The summed E-state index contributed by atoms with van der Waals surface area (Å²) >= 11 is 0. The zero-order valence-electron chi connectivity index (χ0n) is 5.03. The lowest BCUT2D eigenvalue weighted by molar-refractivity contribution is -0.151. The highest BCUT2D eigenvalue weighted by Crippen LogP contribution is 2.19. The lowest BCUT2D eigenvalue weighted by Gasteiger charge is -2.01. The molecule has 0 aliphatic rings. The Morgan fingerprint density at radius 2 is 2.00 bits per heavy atom. The van der Waals surface area contributed by atoms with Crippen molar-refractivity contribution in [1.82, 2.24) is 0 Å². The molecule has 0 aliphatic carbocycles. The molecular formula is C6H5F3O. The average molecular weight is 150 g/mol. The second-order valence-corrected chi connectivity index (χ2v) is 1.71. The van der Waals surface area contributed by atoms with Gasteiger partial charge in [0.05, 0.1) is 6.42 Å². The molecule has 0 fully saturated rings. The van der Waals surface area contributed by atoms with Crippen LogP contribution in [-0.2, 0) is 4.79 Å². The monoisotopic (exact) mass is 150 g/mol. The number of hydrogen-bond acceptors (Lipinski definition) is 1. The summed E-state index contributed by atoms with van der Waals surface area (Å²) in [6.07, 6.45) is -1.68. The van der Waals surface area contributed by atoms with E-state index in [0.717, 1.165) is 0 Å². The van der Waals surface area contributed by atoms with Crippen molar-refractivity contribution in [3.63, 3.8) is 0 Å². The molecule has 0 spiro atoms. The third-order valence-electron chi connectivity index (χ3n) is 0.697. The number of hydrogen-bond donors (Lipinski definition) is 0. The first-order valence-corrected chi connectivity index (χ1v) is 2.47. The highest BCUT2D eigenvalue weighted by molar-refractivity contribution is 5.81. The summed E-state index contributed by atoms with van der Waals surface area (Å²) in [7, 11) is 0. The van der Waals surface area contributed by atoms with Crippen LogP contribution in [0.15, 0.2) is 0 Å². The number of halogens is 3. The van der Waals surface area contributed by atoms with Gasteiger partial charge in [-0.3, -0.25) is 4.79 Å². The van der Waals surface area contributed by atoms with Crippen LogP contribution in [-0.4, -0.2) is 12.0 Å². The van der Waals surface area contributed by atoms with Gasteiger partial charge in [0.1, 0.15) is 6.42 Å². The molecule has 0 amide bonds. The molecule has 0 aliphatic heterocycles. The van der Waals surface area contributed by atoms with E-state index in [0.29, 0.717) is 0 Å². The fourth-order valence-corrected chi connectivity index (χ4v) is 0.400. The molecule has 1 nitrogen and oxygen atoms in total. The number of rotatable bonds is 2. The third kappa shape index (κ3) is 5.16. The van der Waals surface area contributed by atoms with E-state index in [4.69, 9.17) is 0 Å². The predicted octanol–water partition coefficient (Wildman–Crippen LogP) is 1.53. The lowest BCUT2D eigenvalue weighted by atomic mass is 10.2. The summed E-state index contributed by atoms with van der Waals surface area (Å²) in [5.74, 6) is 0.878. The zero-order valence-corrected chi connectivity index (χ0v) is 5.03. The highest BCUT2D eigenvalue weighted by Gasteiger charge is 2.30. The Labute approximate surface area is 56.2 Å². The molecule has 0 saturated carbocycles. The van der Waals surface area contributed by atoms with Gasteiger partial charge in [-0.15, -0.1) is 6.42 Å². The van der Waals surface area contributed by atoms with Crippen LogP contribution in [0.2, 0.25) is 0 Å². The van der Waals surface area contributed by atoms with Gasteiger partial charge in [0, 0.05) is 0 Å². The standard InChI is InChI=1S/C6H5F3O/c1-2-3-5(10)4-6(7,8)9/h1H,3-4H2. The van der Waals surface area contributed by atoms with Crippen molar-refractivity contribution in [2.24, 2.45) is 0 Å². The van der Waals surface area contributed by atoms with Gasteiger partial charge in [-0.2, -0.15) is 13.2 Å². The van der Waals surface area contributed by atoms with Gasteiger partial charge in [-0.1, -0.05) is 5.92 Å². The SMILES string of the molecule is C#CCC(=O)CC(F)(F)F. The van der Waals surface area contributed by atoms with Crippen LogP contribution >= 0.6 is 0 Å². The molecule has 0 aromatic rings. The first-order valence-electron chi connectivity index (χ1n) is 2.47. The summed E-state index contributed by atoms with van der Waals surface area (Å²) < 4.78 is 34.0. The second-order valence-electron chi connectivity index (χ2n) is 1.71. The normalized spacial score (nSPS) is 10.6. The number of carbonyl (C=O) groups excluding carboxylic acids is 1. The molecule has 0 N–H and O–H groups in total. The Balaban J connectivity index is 3.72. The van der Waals surface area contributed by atoms with Crippen LogP contribution in [0.25, 0.3) is 0 Å². The minimum atomic E-state index is -4.42. The smallest absolute Gasteiger partial charge is 0.298 e. The van der Waals surface area contributed by atoms with Gasteiger partial charge in [0.25, 0.3) is 0 Å². The van der Waals surface area contributed by atoms with Gasteiger partial charge in [0.15, 0.2) is 5.78 Å². The zero-order chi connectivity index (χ0) is 8.20. The molecule has 0 aromatic heterocycles. The van der Waals surface area contributed by atoms with Crippen molar-refractivity contribution in [3.05, 3.63) is 0 Å². The van der Waals surface area contributed by atoms with E-state index in [1.165, 1.54) is 0 Å². The summed E-state index contributed by atoms with van der Waals surface area (Å²) in [5, 5.41) is 0. The molecule has 0 saturated heterocycles. The quantitative estimate of drug-likeness (QED) is 0.545. The van der Waals surface area contributed by atoms with Gasteiger partial charge in [0.2, 0.25) is 0 Å². The Morgan fingerprint density at radius 3 is 2.30 bits per heavy atom. The maximum atomic E-state index is 11.3. The Kier molecular flexibility index (Phi) is 2.94. The number of alkyl halides is 3. The van der Waals surface area contributed by atoms with Crippen LogP contribution < -0.4 is 0 Å². The Hall–Kier alpha value is -0.980. The molecule has 0 bridgehead atoms. The predicted molar refractivity (Wildman–Crippen MR) is 29.1 cm³/mol. The largest absolute Gasteiger partial charge is 0.395 e. The van der Waals surface area contributed by atoms with Crippen molar-refractivity contribution in [2.75, 3.05) is 0 Å². The molecule has 0 radical (unpaired) electrons. The molecule has 56 valence electrons. The average Bonchev–Trinajstić information content (AvgIpc) is 1.59. The molecule has 10 heavy (non-hydrogen) atoms. The van der Waals surface area contributed by atoms with E-state index >= 15 is 0 Å². The van der Waals surface area contributed by atoms with E-state index in [9.17, 15) is 18.0 Å². The van der Waals surface area contributed by atoms with Gasteiger partial charge < -0.3 is 0 Å². The van der Waals surface area contributed by atoms with Crippen molar-refractivity contribution >= 4 is 5.78 Å². The van der Waals surface area contributed by atoms with Crippen LogP contribution in [0, 0.1) is 12.3 Å². The van der Waals surface area contributed by atoms with Crippen LogP contribution in [0.1, 0.15) is 12.8 Å². The van der Waals surface area contributed by atoms with E-state index in [1.807, 2.05) is 5.92 Å². The van der Waals surface area contributed by atoms with Crippen molar-refractivity contribution in [3.8, 4) is 12.3 Å². The van der Waals surface area contributed by atoms with Crippen LogP contribution in [0.3, 0.4) is 0 Å². The first-order chi connectivity index (χ1) is 4.45. The Bertz CT molecular complexity index is 163. The summed E-state index contributed by atoms with van der Waals surface area (Å²) in [5.41, 5.74) is 0. The molecule has 0 unspecified atom stereocenters. The molecular weight excluding hydrogens is 145 g/mol. The summed E-state index contributed by atoms with van der Waals surface area (Å²) in [6.45, 7) is 0. The number of terminal acetylenes is 1. The van der Waals surface area contributed by atoms with E-state index in [2.05, 4.69) is 6.42 Å². The van der Waals surface area contributed by atoms with Crippen LogP contribution in [0.4, 0.5) is 13.2 Å². The lowest BCUT2D eigenvalue weighted by Crippen LogP contribution is -2.13. The van der Waals surface area contributed by atoms with E-state index in [-0.39, 0.29) is 0 Å². The maximum absolute atomic E-state index is 11.3. The maximum Gasteiger partial charge on any atom is 0.395 e. The van der Waals surface area contributed by atoms with Crippen LogP contribution in [0.5, 0.6) is 0 Å². The number of Topliss-reactive ketones (excluding diaryl/α,β-unsaturated/α-hetero) is 1. The molecule has 4 heteroatoms. The summed E-state index contributed by atoms with van der Waals surface area (Å²) in [6, 6.07) is 0. The Morgan fingerprint density at radius 1 is 1.50 bits per heavy atom. The second kappa shape index (κ2) is 3.25. The molecule has 0 aromatic carbocycles.